The lowest BCUT2D eigenvalue weighted by Crippen LogP contribution is -2.02. The molecule has 0 saturated heterocycles. The van der Waals surface area contributed by atoms with Crippen LogP contribution in [-0.2, 0) is 4.99 Å². The van der Waals surface area contributed by atoms with Gasteiger partial charge in [-0.2, -0.15) is 5.90 Å². The summed E-state index contributed by atoms with van der Waals surface area (Å²) in [5.74, 6) is 5.67. The van der Waals surface area contributed by atoms with E-state index in [1.54, 1.807) is 95.6 Å². The van der Waals surface area contributed by atoms with Gasteiger partial charge in [0.05, 0.1) is 14.8 Å². The van der Waals surface area contributed by atoms with Crippen LogP contribution >= 0.6 is 70.6 Å². The highest BCUT2D eigenvalue weighted by Crippen LogP contribution is 2.51. The molecule has 10 rings (SSSR count). The lowest BCUT2D eigenvalue weighted by Gasteiger charge is -2.20. The highest BCUT2D eigenvalue weighted by Gasteiger charge is 2.22. The van der Waals surface area contributed by atoms with Crippen LogP contribution in [0.1, 0.15) is 25.3 Å². The molecule has 0 amide bonds. The van der Waals surface area contributed by atoms with Gasteiger partial charge in [-0.05, 0) is 173 Å². The summed E-state index contributed by atoms with van der Waals surface area (Å²) in [5, 5.41) is 41.0. The summed E-state index contributed by atoms with van der Waals surface area (Å²) in [6.45, 7) is 4.21. The Morgan fingerprint density at radius 1 is 0.405 bits per heavy atom. The Balaban J connectivity index is 1.25. The second-order valence-corrected chi connectivity index (χ2v) is 23.7. The number of non-ortho nitro benzene ring substituents is 3. The quantitative estimate of drug-likeness (QED) is 0.0300. The van der Waals surface area contributed by atoms with Crippen molar-refractivity contribution in [3.05, 3.63) is 216 Å². The topological polar surface area (TPSA) is 174 Å². The molecule has 9 aromatic rings. The molecule has 12 nitrogen and oxygen atoms in total. The van der Waals surface area contributed by atoms with E-state index in [1.807, 2.05) is 12.1 Å². The van der Waals surface area contributed by atoms with E-state index >= 15 is 0 Å². The van der Waals surface area contributed by atoms with Gasteiger partial charge in [-0.25, -0.2) is 0 Å². The fourth-order valence-electron chi connectivity index (χ4n) is 8.20. The molecule has 0 aliphatic heterocycles. The van der Waals surface area contributed by atoms with Crippen LogP contribution in [0.3, 0.4) is 0 Å². The van der Waals surface area contributed by atoms with Crippen molar-refractivity contribution in [3.8, 4) is 5.75 Å². The zero-order valence-corrected chi connectivity index (χ0v) is 44.1. The third-order valence-corrected chi connectivity index (χ3v) is 18.8. The Hall–Kier alpha value is -6.74. The molecule has 0 atom stereocenters. The number of hydrogen-bond acceptors (Lipinski definition) is 15. The monoisotopic (exact) mass is 1090 g/mol. The minimum absolute atomic E-state index is 0.0114. The molecule has 0 saturated carbocycles. The fourth-order valence-corrected chi connectivity index (χ4v) is 14.2. The maximum absolute atomic E-state index is 11.7. The number of thioether (sulfide) groups is 1. The molecule has 1 aliphatic carbocycles. The van der Waals surface area contributed by atoms with E-state index in [0.29, 0.717) is 5.75 Å². The molecular weight excluding hydrogens is 1050 g/mol. The normalized spacial score (nSPS) is 12.5. The van der Waals surface area contributed by atoms with E-state index in [-0.39, 0.29) is 17.1 Å². The van der Waals surface area contributed by atoms with E-state index in [4.69, 9.17) is 10.8 Å². The molecule has 0 fully saturated rings. The van der Waals surface area contributed by atoms with Crippen LogP contribution in [0.15, 0.2) is 234 Å². The molecule has 0 spiro atoms. The molecular formula is C56H40N4O8S6. The zero-order valence-electron chi connectivity index (χ0n) is 39.2. The van der Waals surface area contributed by atoms with Crippen LogP contribution in [0, 0.1) is 37.3 Å². The fraction of sp³-hybridized carbons (Fsp3) is 0.0714. The van der Waals surface area contributed by atoms with E-state index in [0.717, 1.165) is 105 Å². The summed E-state index contributed by atoms with van der Waals surface area (Å²) in [6, 6.07) is 49.0. The summed E-state index contributed by atoms with van der Waals surface area (Å²) in [4.78, 5) is 54.9. The van der Waals surface area contributed by atoms with Crippen molar-refractivity contribution < 1.29 is 24.6 Å². The predicted octanol–water partition coefficient (Wildman–Crippen LogP) is 17.8. The number of nitrogens with zero attached hydrogens (tertiary/aromatic N) is 3. The molecule has 368 valence electrons. The van der Waals surface area contributed by atoms with Gasteiger partial charge in [-0.1, -0.05) is 111 Å². The first kappa shape index (κ1) is 50.8. The number of allylic oxidation sites excluding steroid dienone is 4. The maximum atomic E-state index is 11.7. The van der Waals surface area contributed by atoms with E-state index in [2.05, 4.69) is 91.7 Å². The maximum Gasteiger partial charge on any atom is 0.269 e. The van der Waals surface area contributed by atoms with Crippen molar-refractivity contribution in [2.24, 2.45) is 5.90 Å². The van der Waals surface area contributed by atoms with Gasteiger partial charge in [0.1, 0.15) is 0 Å². The van der Waals surface area contributed by atoms with Gasteiger partial charge >= 0.3 is 0 Å². The Bertz CT molecular complexity index is 3730. The predicted molar refractivity (Wildman–Crippen MR) is 299 cm³/mol. The third-order valence-electron chi connectivity index (χ3n) is 11.9. The van der Waals surface area contributed by atoms with Crippen molar-refractivity contribution in [2.75, 3.05) is 0 Å². The van der Waals surface area contributed by atoms with Gasteiger partial charge in [-0.3, -0.25) is 30.3 Å². The van der Waals surface area contributed by atoms with Crippen molar-refractivity contribution >= 4 is 120 Å². The van der Waals surface area contributed by atoms with Gasteiger partial charge in [0.15, 0.2) is 5.75 Å². The Morgan fingerprint density at radius 2 is 0.703 bits per heavy atom. The SMILES string of the molecule is CC1=CCC(Sc2cc3c(cc2Sc2ccc([N+](=O)[O-])cc2)c2cc(Sc4ccc([N+](=O)[O-])cc4)c(Sc4ccc([N+](=O)[O-])cc4)cc2c2cc(Sc4ccc(C)cc4)c(Sc4ccc(OON)cc4)cc32)=CC1. The van der Waals surface area contributed by atoms with Gasteiger partial charge in [0.2, 0.25) is 0 Å². The Labute approximate surface area is 449 Å². The number of nitro benzene ring substituents is 3. The zero-order chi connectivity index (χ0) is 51.5. The average Bonchev–Trinajstić information content (AvgIpc) is 3.39. The molecule has 0 unspecified atom stereocenters. The second-order valence-electron chi connectivity index (χ2n) is 17.0. The summed E-state index contributed by atoms with van der Waals surface area (Å²) in [6.07, 6.45) is 6.21. The largest absolute Gasteiger partial charge is 0.320 e. The van der Waals surface area contributed by atoms with Crippen LogP contribution in [0.4, 0.5) is 17.1 Å². The number of fused-ring (bicyclic) bond motifs is 6. The van der Waals surface area contributed by atoms with Crippen molar-refractivity contribution in [1.29, 1.82) is 0 Å². The summed E-state index contributed by atoms with van der Waals surface area (Å²) in [7, 11) is 0. The summed E-state index contributed by atoms with van der Waals surface area (Å²) >= 11 is 9.56. The van der Waals surface area contributed by atoms with Crippen LogP contribution in [-0.4, -0.2) is 14.8 Å². The summed E-state index contributed by atoms with van der Waals surface area (Å²) in [5.41, 5.74) is 2.45. The smallest absolute Gasteiger partial charge is 0.269 e. The average molecular weight is 1090 g/mol. The minimum Gasteiger partial charge on any atom is -0.320 e. The third kappa shape index (κ3) is 11.6. The Morgan fingerprint density at radius 3 is 0.986 bits per heavy atom. The van der Waals surface area contributed by atoms with Crippen molar-refractivity contribution in [2.45, 2.75) is 80.5 Å². The number of hydrogen-bond donors (Lipinski definition) is 1. The molecule has 0 aromatic heterocycles. The number of aryl methyl sites for hydroxylation is 1. The van der Waals surface area contributed by atoms with Crippen molar-refractivity contribution in [1.82, 2.24) is 0 Å². The van der Waals surface area contributed by atoms with Crippen LogP contribution in [0.2, 0.25) is 0 Å². The molecule has 0 heterocycles. The molecule has 2 N–H and O–H groups in total. The van der Waals surface area contributed by atoms with E-state index < -0.39 is 14.8 Å². The van der Waals surface area contributed by atoms with Gasteiger partial charge in [0.25, 0.3) is 17.1 Å². The molecule has 1 aliphatic rings. The molecule has 9 aromatic carbocycles. The first-order valence-electron chi connectivity index (χ1n) is 22.7. The van der Waals surface area contributed by atoms with Crippen LogP contribution in [0.5, 0.6) is 5.75 Å². The van der Waals surface area contributed by atoms with E-state index in [9.17, 15) is 30.3 Å². The van der Waals surface area contributed by atoms with E-state index in [1.165, 1.54) is 70.4 Å². The number of benzene rings is 9. The highest BCUT2D eigenvalue weighted by atomic mass is 32.2. The van der Waals surface area contributed by atoms with Crippen LogP contribution in [0.25, 0.3) is 32.3 Å². The highest BCUT2D eigenvalue weighted by molar-refractivity contribution is 8.05. The first-order valence-corrected chi connectivity index (χ1v) is 27.6. The van der Waals surface area contributed by atoms with Crippen LogP contribution < -0.4 is 10.8 Å². The first-order chi connectivity index (χ1) is 35.8. The lowest BCUT2D eigenvalue weighted by atomic mass is 9.94. The number of nitro groups is 3. The standard InChI is InChI=1S/C56H40N4O8S6/c1-33-3-15-39(16-4-33)69-51-27-45-47(29-53(51)71-41-19-7-35(8-20-41)58(61)62)49-31-55(73-43-23-11-37(12-24-43)60(65)66)54(72-42-21-9-36(10-22-42)59(63)64)30-48(49)46-28-52(70-40-17-5-34(2)6-18-40)56(32-50(45)46)74-44-25-13-38(14-26-44)67-68-57/h3,5-14,16-32H,4,15,57H2,1-2H3. The van der Waals surface area contributed by atoms with Gasteiger partial charge < -0.3 is 4.89 Å². The Kier molecular flexibility index (Phi) is 15.4. The van der Waals surface area contributed by atoms with Crippen molar-refractivity contribution in [3.63, 3.8) is 0 Å². The lowest BCUT2D eigenvalue weighted by molar-refractivity contribution is -0.385. The number of nitrogens with two attached hydrogens (primary N) is 1. The molecule has 74 heavy (non-hydrogen) atoms. The second kappa shape index (κ2) is 22.4. The molecule has 18 heteroatoms. The summed E-state index contributed by atoms with van der Waals surface area (Å²) < 4.78 is 0. The number of rotatable bonds is 17. The molecule has 0 bridgehead atoms. The molecule has 0 radical (unpaired) electrons. The van der Waals surface area contributed by atoms with Gasteiger partial charge in [-0.15, -0.1) is 0 Å². The minimum atomic E-state index is -0.419. The van der Waals surface area contributed by atoms with Gasteiger partial charge in [0, 0.05) is 90.2 Å².